The SMILES string of the molecule is CCC(=O)Nc1ccc(NC(=O)Nc2ccccc2C(F)(F)F)cc1. The van der Waals surface area contributed by atoms with E-state index in [1.54, 1.807) is 19.1 Å². The Morgan fingerprint density at radius 1 is 0.880 bits per heavy atom. The molecule has 0 saturated carbocycles. The zero-order valence-corrected chi connectivity index (χ0v) is 13.3. The van der Waals surface area contributed by atoms with E-state index in [9.17, 15) is 22.8 Å². The highest BCUT2D eigenvalue weighted by Gasteiger charge is 2.33. The minimum absolute atomic E-state index is 0.151. The molecular formula is C17H16F3N3O2. The minimum Gasteiger partial charge on any atom is -0.326 e. The van der Waals surface area contributed by atoms with Crippen molar-refractivity contribution in [1.82, 2.24) is 0 Å². The van der Waals surface area contributed by atoms with Crippen molar-refractivity contribution < 1.29 is 22.8 Å². The van der Waals surface area contributed by atoms with Crippen molar-refractivity contribution in [2.24, 2.45) is 0 Å². The zero-order chi connectivity index (χ0) is 18.4. The Bertz CT molecular complexity index is 758. The fourth-order valence-electron chi connectivity index (χ4n) is 2.01. The fraction of sp³-hybridized carbons (Fsp3) is 0.176. The molecule has 3 amide bonds. The van der Waals surface area contributed by atoms with Crippen LogP contribution >= 0.6 is 0 Å². The largest absolute Gasteiger partial charge is 0.418 e. The molecule has 3 N–H and O–H groups in total. The number of alkyl halides is 3. The number of urea groups is 1. The van der Waals surface area contributed by atoms with Crippen LogP contribution < -0.4 is 16.0 Å². The highest BCUT2D eigenvalue weighted by molar-refractivity contribution is 6.00. The van der Waals surface area contributed by atoms with Gasteiger partial charge in [0.1, 0.15) is 0 Å². The number of carbonyl (C=O) groups is 2. The van der Waals surface area contributed by atoms with Crippen LogP contribution in [-0.2, 0) is 11.0 Å². The Morgan fingerprint density at radius 2 is 1.44 bits per heavy atom. The van der Waals surface area contributed by atoms with Gasteiger partial charge in [-0.05, 0) is 36.4 Å². The van der Waals surface area contributed by atoms with Gasteiger partial charge in [-0.25, -0.2) is 4.79 Å². The van der Waals surface area contributed by atoms with E-state index in [1.807, 2.05) is 0 Å². The maximum Gasteiger partial charge on any atom is 0.418 e. The third kappa shape index (κ3) is 5.23. The molecule has 0 bridgehead atoms. The van der Waals surface area contributed by atoms with E-state index in [0.29, 0.717) is 17.8 Å². The summed E-state index contributed by atoms with van der Waals surface area (Å²) in [7, 11) is 0. The van der Waals surface area contributed by atoms with Gasteiger partial charge in [0, 0.05) is 17.8 Å². The molecule has 0 aliphatic carbocycles. The number of halogens is 3. The lowest BCUT2D eigenvalue weighted by Gasteiger charge is -2.14. The number of amides is 3. The molecule has 0 radical (unpaired) electrons. The van der Waals surface area contributed by atoms with Crippen molar-refractivity contribution in [2.45, 2.75) is 19.5 Å². The highest BCUT2D eigenvalue weighted by atomic mass is 19.4. The molecule has 2 aromatic rings. The second kappa shape index (κ2) is 7.69. The van der Waals surface area contributed by atoms with Crippen LogP contribution in [0.1, 0.15) is 18.9 Å². The van der Waals surface area contributed by atoms with Crippen molar-refractivity contribution in [3.8, 4) is 0 Å². The maximum absolute atomic E-state index is 12.9. The van der Waals surface area contributed by atoms with Crippen molar-refractivity contribution >= 4 is 29.0 Å². The van der Waals surface area contributed by atoms with E-state index >= 15 is 0 Å². The van der Waals surface area contributed by atoms with Gasteiger partial charge in [-0.3, -0.25) is 4.79 Å². The van der Waals surface area contributed by atoms with Crippen LogP contribution in [0.25, 0.3) is 0 Å². The predicted octanol–water partition coefficient (Wildman–Crippen LogP) is 4.70. The van der Waals surface area contributed by atoms with Gasteiger partial charge in [-0.15, -0.1) is 0 Å². The summed E-state index contributed by atoms with van der Waals surface area (Å²) in [6.07, 6.45) is -4.23. The molecular weight excluding hydrogens is 335 g/mol. The van der Waals surface area contributed by atoms with Crippen LogP contribution in [0, 0.1) is 0 Å². The zero-order valence-electron chi connectivity index (χ0n) is 13.3. The molecule has 132 valence electrons. The molecule has 5 nitrogen and oxygen atoms in total. The first-order chi connectivity index (χ1) is 11.8. The first-order valence-corrected chi connectivity index (χ1v) is 7.43. The highest BCUT2D eigenvalue weighted by Crippen LogP contribution is 2.34. The fourth-order valence-corrected chi connectivity index (χ4v) is 2.01. The van der Waals surface area contributed by atoms with Crippen LogP contribution in [0.15, 0.2) is 48.5 Å². The number of rotatable bonds is 4. The lowest BCUT2D eigenvalue weighted by atomic mass is 10.1. The summed E-state index contributed by atoms with van der Waals surface area (Å²) in [5.74, 6) is -0.151. The van der Waals surface area contributed by atoms with Gasteiger partial charge in [0.25, 0.3) is 0 Å². The molecule has 0 fully saturated rings. The summed E-state index contributed by atoms with van der Waals surface area (Å²) < 4.78 is 38.7. The number of hydrogen-bond donors (Lipinski definition) is 3. The molecule has 0 aliphatic heterocycles. The van der Waals surface area contributed by atoms with Crippen LogP contribution in [0.2, 0.25) is 0 Å². The predicted molar refractivity (Wildman–Crippen MR) is 89.4 cm³/mol. The number of benzene rings is 2. The lowest BCUT2D eigenvalue weighted by molar-refractivity contribution is -0.136. The molecule has 0 heterocycles. The van der Waals surface area contributed by atoms with Crippen LogP contribution in [0.5, 0.6) is 0 Å². The Hall–Kier alpha value is -3.03. The molecule has 0 aliphatic rings. The third-order valence-corrected chi connectivity index (χ3v) is 3.23. The monoisotopic (exact) mass is 351 g/mol. The Kier molecular flexibility index (Phi) is 5.63. The van der Waals surface area contributed by atoms with E-state index < -0.39 is 17.8 Å². The molecule has 0 spiro atoms. The number of nitrogens with one attached hydrogen (secondary N) is 3. The number of hydrogen-bond acceptors (Lipinski definition) is 2. The molecule has 25 heavy (non-hydrogen) atoms. The van der Waals surface area contributed by atoms with E-state index in [-0.39, 0.29) is 11.6 Å². The molecule has 0 saturated heterocycles. The summed E-state index contributed by atoms with van der Waals surface area (Å²) in [4.78, 5) is 23.2. The van der Waals surface area contributed by atoms with Gasteiger partial charge >= 0.3 is 12.2 Å². The standard InChI is InChI=1S/C17H16F3N3O2/c1-2-15(24)21-11-7-9-12(10-8-11)22-16(25)23-14-6-4-3-5-13(14)17(18,19)20/h3-10H,2H2,1H3,(H,21,24)(H2,22,23,25). The molecule has 0 unspecified atom stereocenters. The van der Waals surface area contributed by atoms with Crippen molar-refractivity contribution in [1.29, 1.82) is 0 Å². The van der Waals surface area contributed by atoms with Gasteiger partial charge in [0.2, 0.25) is 5.91 Å². The van der Waals surface area contributed by atoms with Gasteiger partial charge in [-0.2, -0.15) is 13.2 Å². The third-order valence-electron chi connectivity index (χ3n) is 3.23. The first kappa shape index (κ1) is 18.3. The molecule has 8 heteroatoms. The van der Waals surface area contributed by atoms with E-state index in [4.69, 9.17) is 0 Å². The number of anilines is 3. The van der Waals surface area contributed by atoms with E-state index in [0.717, 1.165) is 6.07 Å². The lowest BCUT2D eigenvalue weighted by Crippen LogP contribution is -2.21. The quantitative estimate of drug-likeness (QED) is 0.747. The Balaban J connectivity index is 2.03. The molecule has 2 aromatic carbocycles. The van der Waals surface area contributed by atoms with Crippen molar-refractivity contribution in [3.05, 3.63) is 54.1 Å². The molecule has 0 atom stereocenters. The maximum atomic E-state index is 12.9. The Labute approximate surface area is 142 Å². The smallest absolute Gasteiger partial charge is 0.326 e. The number of para-hydroxylation sites is 1. The minimum atomic E-state index is -4.57. The van der Waals surface area contributed by atoms with E-state index in [1.165, 1.54) is 30.3 Å². The summed E-state index contributed by atoms with van der Waals surface area (Å²) in [6, 6.07) is 10.1. The van der Waals surface area contributed by atoms with Gasteiger partial charge < -0.3 is 16.0 Å². The van der Waals surface area contributed by atoms with Crippen molar-refractivity contribution in [3.63, 3.8) is 0 Å². The summed E-state index contributed by atoms with van der Waals surface area (Å²) in [5, 5.41) is 7.26. The molecule has 2 rings (SSSR count). The number of carbonyl (C=O) groups excluding carboxylic acids is 2. The van der Waals surface area contributed by atoms with Gasteiger partial charge in [-0.1, -0.05) is 19.1 Å². The van der Waals surface area contributed by atoms with Crippen LogP contribution in [0.4, 0.5) is 35.0 Å². The summed E-state index contributed by atoms with van der Waals surface area (Å²) in [6.45, 7) is 1.72. The summed E-state index contributed by atoms with van der Waals surface area (Å²) >= 11 is 0. The summed E-state index contributed by atoms with van der Waals surface area (Å²) in [5.41, 5.74) is -0.334. The average molecular weight is 351 g/mol. The second-order valence-corrected chi connectivity index (χ2v) is 5.10. The van der Waals surface area contributed by atoms with E-state index in [2.05, 4.69) is 16.0 Å². The molecule has 0 aromatic heterocycles. The topological polar surface area (TPSA) is 70.2 Å². The average Bonchev–Trinajstić information content (AvgIpc) is 2.56. The normalized spacial score (nSPS) is 10.9. The Morgan fingerprint density at radius 3 is 2.00 bits per heavy atom. The van der Waals surface area contributed by atoms with Crippen LogP contribution in [0.3, 0.4) is 0 Å². The second-order valence-electron chi connectivity index (χ2n) is 5.10. The van der Waals surface area contributed by atoms with Crippen LogP contribution in [-0.4, -0.2) is 11.9 Å². The van der Waals surface area contributed by atoms with Gasteiger partial charge in [0.05, 0.1) is 11.3 Å². The van der Waals surface area contributed by atoms with Gasteiger partial charge in [0.15, 0.2) is 0 Å². The van der Waals surface area contributed by atoms with Crippen molar-refractivity contribution in [2.75, 3.05) is 16.0 Å². The first-order valence-electron chi connectivity index (χ1n) is 7.43.